The number of piperidine rings is 1. The first-order chi connectivity index (χ1) is 9.20. The van der Waals surface area contributed by atoms with Crippen LogP contribution in [-0.2, 0) is 6.54 Å². The van der Waals surface area contributed by atoms with Crippen LogP contribution in [0.2, 0.25) is 0 Å². The van der Waals surface area contributed by atoms with Crippen LogP contribution in [0.15, 0.2) is 23.2 Å². The van der Waals surface area contributed by atoms with Crippen molar-refractivity contribution in [3.8, 4) is 5.75 Å². The molecule has 1 aromatic carbocycles. The van der Waals surface area contributed by atoms with Gasteiger partial charge in [-0.05, 0) is 43.4 Å². The van der Waals surface area contributed by atoms with E-state index in [2.05, 4.69) is 16.0 Å². The van der Waals surface area contributed by atoms with Gasteiger partial charge in [-0.15, -0.1) is 0 Å². The number of guanidine groups is 1. The summed E-state index contributed by atoms with van der Waals surface area (Å²) in [5.41, 5.74) is 8.34. The Kier molecular flexibility index (Phi) is 4.66. The number of nitrogens with zero attached hydrogens (tertiary/aromatic N) is 2. The van der Waals surface area contributed by atoms with Crippen molar-refractivity contribution in [1.82, 2.24) is 4.90 Å². The van der Waals surface area contributed by atoms with Crippen LogP contribution in [0.4, 0.5) is 0 Å². The number of hydrogen-bond acceptors (Lipinski definition) is 2. The molecule has 104 valence electrons. The highest BCUT2D eigenvalue weighted by Crippen LogP contribution is 2.19. The summed E-state index contributed by atoms with van der Waals surface area (Å²) in [5.74, 6) is 1.59. The summed E-state index contributed by atoms with van der Waals surface area (Å²) in [4.78, 5) is 6.67. The van der Waals surface area contributed by atoms with Crippen molar-refractivity contribution >= 4 is 5.96 Å². The molecule has 0 unspecified atom stereocenters. The number of hydrogen-bond donors (Lipinski definition) is 1. The average molecular weight is 261 g/mol. The van der Waals surface area contributed by atoms with Crippen LogP contribution in [0.5, 0.6) is 5.75 Å². The Balaban J connectivity index is 1.98. The minimum Gasteiger partial charge on any atom is -0.496 e. The van der Waals surface area contributed by atoms with Crippen molar-refractivity contribution in [2.45, 2.75) is 32.7 Å². The van der Waals surface area contributed by atoms with Gasteiger partial charge in [0.1, 0.15) is 5.75 Å². The number of methoxy groups -OCH3 is 1. The lowest BCUT2D eigenvalue weighted by Crippen LogP contribution is -2.40. The molecule has 1 aliphatic heterocycles. The lowest BCUT2D eigenvalue weighted by atomic mass is 10.1. The molecule has 1 saturated heterocycles. The number of rotatable bonds is 3. The van der Waals surface area contributed by atoms with Gasteiger partial charge in [-0.1, -0.05) is 12.1 Å². The van der Waals surface area contributed by atoms with E-state index in [1.54, 1.807) is 7.11 Å². The van der Waals surface area contributed by atoms with Crippen LogP contribution in [0, 0.1) is 6.92 Å². The topological polar surface area (TPSA) is 50.9 Å². The van der Waals surface area contributed by atoms with Crippen molar-refractivity contribution in [3.05, 3.63) is 29.3 Å². The number of ether oxygens (including phenoxy) is 1. The molecule has 1 heterocycles. The summed E-state index contributed by atoms with van der Waals surface area (Å²) in [6.07, 6.45) is 3.75. The highest BCUT2D eigenvalue weighted by Gasteiger charge is 2.11. The predicted molar refractivity (Wildman–Crippen MR) is 78.5 cm³/mol. The van der Waals surface area contributed by atoms with Crippen LogP contribution in [0.1, 0.15) is 30.4 Å². The third-order valence-corrected chi connectivity index (χ3v) is 3.56. The van der Waals surface area contributed by atoms with Gasteiger partial charge in [0.05, 0.1) is 13.7 Å². The molecule has 0 spiro atoms. The molecular weight excluding hydrogens is 238 g/mol. The Morgan fingerprint density at radius 1 is 1.32 bits per heavy atom. The second kappa shape index (κ2) is 6.45. The minimum absolute atomic E-state index is 0.632. The monoisotopic (exact) mass is 261 g/mol. The van der Waals surface area contributed by atoms with E-state index in [9.17, 15) is 0 Å². The third-order valence-electron chi connectivity index (χ3n) is 3.56. The number of aryl methyl sites for hydroxylation is 1. The second-order valence-electron chi connectivity index (χ2n) is 5.03. The number of benzene rings is 1. The molecular formula is C15H23N3O. The predicted octanol–water partition coefficient (Wildman–Crippen LogP) is 2.30. The average Bonchev–Trinajstić information content (AvgIpc) is 2.46. The van der Waals surface area contributed by atoms with Crippen molar-refractivity contribution < 1.29 is 4.74 Å². The zero-order valence-electron chi connectivity index (χ0n) is 11.9. The molecule has 2 N–H and O–H groups in total. The molecule has 0 amide bonds. The van der Waals surface area contributed by atoms with Gasteiger partial charge in [0.25, 0.3) is 0 Å². The fourth-order valence-electron chi connectivity index (χ4n) is 2.43. The summed E-state index contributed by atoms with van der Waals surface area (Å²) >= 11 is 0. The Hall–Kier alpha value is -1.71. The van der Waals surface area contributed by atoms with Gasteiger partial charge in [-0.3, -0.25) is 0 Å². The summed E-state index contributed by atoms with van der Waals surface area (Å²) in [5, 5.41) is 0. The Labute approximate surface area is 115 Å². The number of aliphatic imine (C=N–C) groups is 1. The quantitative estimate of drug-likeness (QED) is 0.671. The summed E-state index contributed by atoms with van der Waals surface area (Å²) in [6, 6.07) is 6.13. The highest BCUT2D eigenvalue weighted by molar-refractivity contribution is 5.78. The van der Waals surface area contributed by atoms with Gasteiger partial charge in [0.2, 0.25) is 0 Å². The number of nitrogens with two attached hydrogens (primary N) is 1. The van der Waals surface area contributed by atoms with Crippen LogP contribution >= 0.6 is 0 Å². The molecule has 0 bridgehead atoms. The lowest BCUT2D eigenvalue weighted by molar-refractivity contribution is 0.338. The maximum absolute atomic E-state index is 6.04. The summed E-state index contributed by atoms with van der Waals surface area (Å²) in [6.45, 7) is 4.75. The normalized spacial score (nSPS) is 16.5. The van der Waals surface area contributed by atoms with E-state index in [-0.39, 0.29) is 0 Å². The van der Waals surface area contributed by atoms with Gasteiger partial charge < -0.3 is 15.4 Å². The first-order valence-corrected chi connectivity index (χ1v) is 6.89. The van der Waals surface area contributed by atoms with E-state index in [4.69, 9.17) is 10.5 Å². The zero-order valence-corrected chi connectivity index (χ0v) is 11.9. The SMILES string of the molecule is COc1ccc(CN=C(N)N2CCCCC2)cc1C. The van der Waals surface area contributed by atoms with E-state index >= 15 is 0 Å². The first-order valence-electron chi connectivity index (χ1n) is 6.89. The highest BCUT2D eigenvalue weighted by atomic mass is 16.5. The molecule has 0 aromatic heterocycles. The molecule has 1 fully saturated rings. The molecule has 0 atom stereocenters. The molecule has 0 radical (unpaired) electrons. The molecule has 4 heteroatoms. The molecule has 1 aliphatic rings. The van der Waals surface area contributed by atoms with Gasteiger partial charge >= 0.3 is 0 Å². The zero-order chi connectivity index (χ0) is 13.7. The maximum Gasteiger partial charge on any atom is 0.191 e. The van der Waals surface area contributed by atoms with Gasteiger partial charge in [-0.2, -0.15) is 0 Å². The first kappa shape index (κ1) is 13.7. The van der Waals surface area contributed by atoms with E-state index in [0.717, 1.165) is 24.4 Å². The molecule has 1 aromatic rings. The van der Waals surface area contributed by atoms with E-state index in [0.29, 0.717) is 12.5 Å². The third kappa shape index (κ3) is 3.63. The molecule has 2 rings (SSSR count). The smallest absolute Gasteiger partial charge is 0.191 e. The largest absolute Gasteiger partial charge is 0.496 e. The van der Waals surface area contributed by atoms with E-state index < -0.39 is 0 Å². The van der Waals surface area contributed by atoms with E-state index in [1.807, 2.05) is 19.1 Å². The van der Waals surface area contributed by atoms with Crippen molar-refractivity contribution in [1.29, 1.82) is 0 Å². The Morgan fingerprint density at radius 3 is 2.68 bits per heavy atom. The Morgan fingerprint density at radius 2 is 2.05 bits per heavy atom. The summed E-state index contributed by atoms with van der Waals surface area (Å²) in [7, 11) is 1.69. The fourth-order valence-corrected chi connectivity index (χ4v) is 2.43. The van der Waals surface area contributed by atoms with Crippen molar-refractivity contribution in [2.75, 3.05) is 20.2 Å². The van der Waals surface area contributed by atoms with Gasteiger partial charge in [0.15, 0.2) is 5.96 Å². The Bertz CT molecular complexity index is 451. The summed E-state index contributed by atoms with van der Waals surface area (Å²) < 4.78 is 5.25. The standard InChI is InChI=1S/C15H23N3O/c1-12-10-13(6-7-14(12)19-2)11-17-15(16)18-8-4-3-5-9-18/h6-7,10H,3-5,8-9,11H2,1-2H3,(H2,16,17). The van der Waals surface area contributed by atoms with Crippen LogP contribution in [0.25, 0.3) is 0 Å². The molecule has 19 heavy (non-hydrogen) atoms. The minimum atomic E-state index is 0.632. The molecule has 0 saturated carbocycles. The van der Waals surface area contributed by atoms with Gasteiger partial charge in [-0.25, -0.2) is 4.99 Å². The van der Waals surface area contributed by atoms with Crippen LogP contribution in [0.3, 0.4) is 0 Å². The van der Waals surface area contributed by atoms with E-state index in [1.165, 1.54) is 24.8 Å². The maximum atomic E-state index is 6.04. The fraction of sp³-hybridized carbons (Fsp3) is 0.533. The van der Waals surface area contributed by atoms with Crippen LogP contribution < -0.4 is 10.5 Å². The van der Waals surface area contributed by atoms with Crippen molar-refractivity contribution in [3.63, 3.8) is 0 Å². The lowest BCUT2D eigenvalue weighted by Gasteiger charge is -2.27. The van der Waals surface area contributed by atoms with Crippen LogP contribution in [-0.4, -0.2) is 31.1 Å². The molecule has 4 nitrogen and oxygen atoms in total. The second-order valence-corrected chi connectivity index (χ2v) is 5.03. The number of likely N-dealkylation sites (tertiary alicyclic amines) is 1. The van der Waals surface area contributed by atoms with Crippen molar-refractivity contribution in [2.24, 2.45) is 10.7 Å². The van der Waals surface area contributed by atoms with Gasteiger partial charge in [0, 0.05) is 13.1 Å². The molecule has 0 aliphatic carbocycles.